The van der Waals surface area contributed by atoms with Gasteiger partial charge < -0.3 is 9.80 Å². The Kier molecular flexibility index (Phi) is 6.77. The van der Waals surface area contributed by atoms with Gasteiger partial charge in [0.15, 0.2) is 0 Å². The van der Waals surface area contributed by atoms with E-state index >= 15 is 0 Å². The van der Waals surface area contributed by atoms with Crippen molar-refractivity contribution in [2.75, 3.05) is 32.7 Å². The van der Waals surface area contributed by atoms with Gasteiger partial charge in [0.2, 0.25) is 11.8 Å². The Morgan fingerprint density at radius 3 is 2.27 bits per heavy atom. The van der Waals surface area contributed by atoms with E-state index in [4.69, 9.17) is 0 Å². The Morgan fingerprint density at radius 2 is 1.60 bits per heavy atom. The molecule has 1 atom stereocenters. The van der Waals surface area contributed by atoms with Gasteiger partial charge in [0.25, 0.3) is 0 Å². The second-order valence-electron chi connectivity index (χ2n) is 9.78. The minimum absolute atomic E-state index is 0.0138. The predicted octanol–water partition coefficient (Wildman–Crippen LogP) is 3.32. The quantitative estimate of drug-likeness (QED) is 0.747. The van der Waals surface area contributed by atoms with Gasteiger partial charge in [-0.05, 0) is 42.2 Å². The summed E-state index contributed by atoms with van der Waals surface area (Å²) in [5.41, 5.74) is 2.68. The molecule has 30 heavy (non-hydrogen) atoms. The van der Waals surface area contributed by atoms with Crippen LogP contribution in [-0.2, 0) is 22.6 Å². The first-order valence-electron chi connectivity index (χ1n) is 11.9. The number of carbonyl (C=O) groups excluding carboxylic acids is 2. The maximum absolute atomic E-state index is 13.8. The van der Waals surface area contributed by atoms with Gasteiger partial charge in [-0.3, -0.25) is 14.5 Å². The SMILES string of the molecule is CC(C)CC(=O)N1CCN(C(C(=O)N2CCc3ccccc3C2)C2CCCC2)CC1. The summed E-state index contributed by atoms with van der Waals surface area (Å²) in [5.74, 6) is 1.44. The average molecular weight is 412 g/mol. The number of benzene rings is 1. The van der Waals surface area contributed by atoms with E-state index in [1.807, 2.05) is 4.90 Å². The van der Waals surface area contributed by atoms with Crippen molar-refractivity contribution in [3.63, 3.8) is 0 Å². The zero-order valence-electron chi connectivity index (χ0n) is 18.7. The zero-order valence-corrected chi connectivity index (χ0v) is 18.7. The third-order valence-corrected chi connectivity index (χ3v) is 7.18. The molecule has 0 radical (unpaired) electrons. The molecular weight excluding hydrogens is 374 g/mol. The van der Waals surface area contributed by atoms with Gasteiger partial charge in [-0.1, -0.05) is 51.0 Å². The van der Waals surface area contributed by atoms with Crippen LogP contribution in [0.25, 0.3) is 0 Å². The van der Waals surface area contributed by atoms with Crippen LogP contribution in [0.2, 0.25) is 0 Å². The van der Waals surface area contributed by atoms with E-state index in [2.05, 4.69) is 47.9 Å². The van der Waals surface area contributed by atoms with Crippen molar-refractivity contribution >= 4 is 11.8 Å². The molecule has 0 bridgehead atoms. The number of fused-ring (bicyclic) bond motifs is 1. The van der Waals surface area contributed by atoms with E-state index in [1.54, 1.807) is 0 Å². The molecule has 1 unspecified atom stereocenters. The third-order valence-electron chi connectivity index (χ3n) is 7.18. The summed E-state index contributed by atoms with van der Waals surface area (Å²) in [6, 6.07) is 8.52. The summed E-state index contributed by atoms with van der Waals surface area (Å²) in [4.78, 5) is 32.7. The van der Waals surface area contributed by atoms with E-state index in [-0.39, 0.29) is 11.9 Å². The number of nitrogens with zero attached hydrogens (tertiary/aromatic N) is 3. The largest absolute Gasteiger partial charge is 0.340 e. The summed E-state index contributed by atoms with van der Waals surface area (Å²) in [6.07, 6.45) is 6.38. The normalized spacial score (nSPS) is 21.7. The molecule has 2 aliphatic heterocycles. The van der Waals surface area contributed by atoms with Gasteiger partial charge in [-0.25, -0.2) is 0 Å². The standard InChI is InChI=1S/C25H37N3O2/c1-19(2)17-23(29)26-13-15-27(16-14-26)24(21-8-4-5-9-21)25(30)28-12-11-20-7-3-6-10-22(20)18-28/h3,6-7,10,19,21,24H,4-5,8-9,11-18H2,1-2H3. The fourth-order valence-electron chi connectivity index (χ4n) is 5.53. The molecule has 1 aromatic rings. The van der Waals surface area contributed by atoms with Gasteiger partial charge in [-0.15, -0.1) is 0 Å². The topological polar surface area (TPSA) is 43.9 Å². The fourth-order valence-corrected chi connectivity index (χ4v) is 5.53. The van der Waals surface area contributed by atoms with Crippen molar-refractivity contribution in [3.05, 3.63) is 35.4 Å². The van der Waals surface area contributed by atoms with E-state index < -0.39 is 0 Å². The molecule has 164 valence electrons. The molecule has 0 N–H and O–H groups in total. The Morgan fingerprint density at radius 1 is 0.933 bits per heavy atom. The van der Waals surface area contributed by atoms with Gasteiger partial charge in [0.05, 0.1) is 6.04 Å². The van der Waals surface area contributed by atoms with Crippen molar-refractivity contribution < 1.29 is 9.59 Å². The molecule has 1 aromatic carbocycles. The van der Waals surface area contributed by atoms with Crippen molar-refractivity contribution in [1.82, 2.24) is 14.7 Å². The van der Waals surface area contributed by atoms with Crippen LogP contribution in [0.15, 0.2) is 24.3 Å². The maximum atomic E-state index is 13.8. The highest BCUT2D eigenvalue weighted by molar-refractivity contribution is 5.83. The minimum Gasteiger partial charge on any atom is -0.340 e. The van der Waals surface area contributed by atoms with E-state index in [0.717, 1.165) is 58.5 Å². The highest BCUT2D eigenvalue weighted by Gasteiger charge is 2.39. The van der Waals surface area contributed by atoms with Crippen LogP contribution in [0.1, 0.15) is 57.1 Å². The molecule has 0 aromatic heterocycles. The summed E-state index contributed by atoms with van der Waals surface area (Å²) in [5, 5.41) is 0. The maximum Gasteiger partial charge on any atom is 0.240 e. The van der Waals surface area contributed by atoms with Gasteiger partial charge >= 0.3 is 0 Å². The van der Waals surface area contributed by atoms with Crippen LogP contribution in [0.4, 0.5) is 0 Å². The summed E-state index contributed by atoms with van der Waals surface area (Å²) < 4.78 is 0. The van der Waals surface area contributed by atoms with Crippen LogP contribution in [0.3, 0.4) is 0 Å². The first kappa shape index (κ1) is 21.4. The molecule has 5 heteroatoms. The van der Waals surface area contributed by atoms with E-state index in [1.165, 1.54) is 24.0 Å². The van der Waals surface area contributed by atoms with Crippen LogP contribution in [-0.4, -0.2) is 65.3 Å². The van der Waals surface area contributed by atoms with Crippen LogP contribution >= 0.6 is 0 Å². The molecule has 2 amide bonds. The fraction of sp³-hybridized carbons (Fsp3) is 0.680. The number of carbonyl (C=O) groups is 2. The second kappa shape index (κ2) is 9.51. The summed E-state index contributed by atoms with van der Waals surface area (Å²) >= 11 is 0. The molecule has 3 aliphatic rings. The lowest BCUT2D eigenvalue weighted by Crippen LogP contribution is -2.59. The van der Waals surface area contributed by atoms with Gasteiger partial charge in [-0.2, -0.15) is 0 Å². The average Bonchev–Trinajstić information content (AvgIpc) is 3.28. The molecule has 1 saturated heterocycles. The highest BCUT2D eigenvalue weighted by atomic mass is 16.2. The van der Waals surface area contributed by atoms with Crippen molar-refractivity contribution in [2.45, 2.75) is 65.0 Å². The number of hydrogen-bond donors (Lipinski definition) is 0. The Labute approximate surface area is 181 Å². The molecule has 1 saturated carbocycles. The lowest BCUT2D eigenvalue weighted by molar-refractivity contribution is -0.142. The Bertz CT molecular complexity index is 749. The number of piperazine rings is 1. The van der Waals surface area contributed by atoms with Crippen LogP contribution in [0, 0.1) is 11.8 Å². The van der Waals surface area contributed by atoms with Crippen LogP contribution < -0.4 is 0 Å². The Hall–Kier alpha value is -1.88. The lowest BCUT2D eigenvalue weighted by Gasteiger charge is -2.43. The molecule has 2 fully saturated rings. The van der Waals surface area contributed by atoms with Crippen LogP contribution in [0.5, 0.6) is 0 Å². The number of hydrogen-bond acceptors (Lipinski definition) is 3. The number of amides is 2. The molecule has 2 heterocycles. The van der Waals surface area contributed by atoms with Gasteiger partial charge in [0.1, 0.15) is 0 Å². The first-order chi connectivity index (χ1) is 14.5. The van der Waals surface area contributed by atoms with E-state index in [9.17, 15) is 9.59 Å². The molecule has 0 spiro atoms. The molecule has 5 nitrogen and oxygen atoms in total. The predicted molar refractivity (Wildman–Crippen MR) is 119 cm³/mol. The van der Waals surface area contributed by atoms with Crippen molar-refractivity contribution in [3.8, 4) is 0 Å². The lowest BCUT2D eigenvalue weighted by atomic mass is 9.92. The Balaban J connectivity index is 1.44. The van der Waals surface area contributed by atoms with Crippen molar-refractivity contribution in [2.24, 2.45) is 11.8 Å². The number of rotatable bonds is 5. The summed E-state index contributed by atoms with van der Waals surface area (Å²) in [7, 11) is 0. The van der Waals surface area contributed by atoms with Gasteiger partial charge in [0, 0.05) is 45.7 Å². The van der Waals surface area contributed by atoms with E-state index in [0.29, 0.717) is 24.2 Å². The molecule has 4 rings (SSSR count). The minimum atomic E-state index is -0.0138. The first-order valence-corrected chi connectivity index (χ1v) is 11.9. The highest BCUT2D eigenvalue weighted by Crippen LogP contribution is 2.33. The smallest absolute Gasteiger partial charge is 0.240 e. The molecule has 1 aliphatic carbocycles. The summed E-state index contributed by atoms with van der Waals surface area (Å²) in [6.45, 7) is 8.91. The zero-order chi connectivity index (χ0) is 21.1. The third kappa shape index (κ3) is 4.72. The second-order valence-corrected chi connectivity index (χ2v) is 9.78. The van der Waals surface area contributed by atoms with Crippen molar-refractivity contribution in [1.29, 1.82) is 0 Å². The molecular formula is C25H37N3O2. The monoisotopic (exact) mass is 411 g/mol.